The zero-order valence-corrected chi connectivity index (χ0v) is 19.0. The number of benzene rings is 1. The Morgan fingerprint density at radius 1 is 1.10 bits per heavy atom. The molecule has 1 saturated heterocycles. The molecular weight excluding hydrogens is 394 g/mol. The predicted octanol–water partition coefficient (Wildman–Crippen LogP) is 4.11. The number of amides is 2. The Balaban J connectivity index is 1.58. The van der Waals surface area contributed by atoms with Crippen molar-refractivity contribution in [3.05, 3.63) is 57.8 Å². The largest absolute Gasteiger partial charge is 0.352 e. The van der Waals surface area contributed by atoms with E-state index in [0.29, 0.717) is 6.54 Å². The first-order chi connectivity index (χ1) is 14.4. The van der Waals surface area contributed by atoms with Gasteiger partial charge in [-0.2, -0.15) is 0 Å². The fourth-order valence-electron chi connectivity index (χ4n) is 4.46. The first kappa shape index (κ1) is 22.5. The van der Waals surface area contributed by atoms with Gasteiger partial charge in [0.05, 0.1) is 12.5 Å². The van der Waals surface area contributed by atoms with Crippen LogP contribution >= 0.6 is 11.3 Å². The minimum absolute atomic E-state index is 0.0582. The molecule has 1 fully saturated rings. The Hall–Kier alpha value is -2.18. The Morgan fingerprint density at radius 2 is 1.80 bits per heavy atom. The molecule has 0 spiro atoms. The van der Waals surface area contributed by atoms with Crippen molar-refractivity contribution in [3.63, 3.8) is 0 Å². The van der Waals surface area contributed by atoms with Gasteiger partial charge in [0.15, 0.2) is 0 Å². The van der Waals surface area contributed by atoms with Crippen molar-refractivity contribution in [2.24, 2.45) is 11.8 Å². The minimum Gasteiger partial charge on any atom is -0.352 e. The lowest BCUT2D eigenvalue weighted by Crippen LogP contribution is -2.38. The van der Waals surface area contributed by atoms with E-state index in [1.807, 2.05) is 23.6 Å². The van der Waals surface area contributed by atoms with Crippen molar-refractivity contribution < 1.29 is 9.59 Å². The highest BCUT2D eigenvalue weighted by Crippen LogP contribution is 2.24. The lowest BCUT2D eigenvalue weighted by molar-refractivity contribution is -0.122. The lowest BCUT2D eigenvalue weighted by atomic mass is 9.91. The van der Waals surface area contributed by atoms with Gasteiger partial charge in [0.2, 0.25) is 11.8 Å². The summed E-state index contributed by atoms with van der Waals surface area (Å²) in [4.78, 5) is 27.7. The van der Waals surface area contributed by atoms with Crippen LogP contribution in [0.1, 0.15) is 55.7 Å². The molecule has 2 N–H and O–H groups in total. The SMILES string of the molecule is CC(=O)N[C@@H](CC(=O)NCc1ccccc1CN1C[C@@H](C)C[C@H](C)C1)c1cccs1. The van der Waals surface area contributed by atoms with Gasteiger partial charge in [-0.25, -0.2) is 0 Å². The average molecular weight is 428 g/mol. The lowest BCUT2D eigenvalue weighted by Gasteiger charge is -2.35. The second-order valence-electron chi connectivity index (χ2n) is 8.66. The number of thiophene rings is 1. The van der Waals surface area contributed by atoms with Crippen LogP contribution in [0.25, 0.3) is 0 Å². The zero-order chi connectivity index (χ0) is 21.5. The molecule has 5 nitrogen and oxygen atoms in total. The van der Waals surface area contributed by atoms with Crippen molar-refractivity contribution in [2.75, 3.05) is 13.1 Å². The summed E-state index contributed by atoms with van der Waals surface area (Å²) in [6, 6.07) is 12.0. The highest BCUT2D eigenvalue weighted by Gasteiger charge is 2.22. The highest BCUT2D eigenvalue weighted by molar-refractivity contribution is 7.10. The molecule has 1 aromatic carbocycles. The predicted molar refractivity (Wildman–Crippen MR) is 122 cm³/mol. The standard InChI is InChI=1S/C24H33N3O2S/c1-17-11-18(2)15-27(14-17)16-21-8-5-4-7-20(21)13-25-24(29)12-22(26-19(3)28)23-9-6-10-30-23/h4-10,17-18,22H,11-16H2,1-3H3,(H,25,29)(H,26,28)/t17-,18-,22-/m0/s1. The summed E-state index contributed by atoms with van der Waals surface area (Å²) < 4.78 is 0. The number of carbonyl (C=O) groups is 2. The van der Waals surface area contributed by atoms with E-state index in [1.54, 1.807) is 11.3 Å². The fourth-order valence-corrected chi connectivity index (χ4v) is 5.23. The Morgan fingerprint density at radius 3 is 2.43 bits per heavy atom. The van der Waals surface area contributed by atoms with E-state index in [0.717, 1.165) is 41.9 Å². The molecular formula is C24H33N3O2S. The Bertz CT molecular complexity index is 827. The number of rotatable bonds is 8. The summed E-state index contributed by atoms with van der Waals surface area (Å²) in [5.41, 5.74) is 2.43. The van der Waals surface area contributed by atoms with Gasteiger partial charge in [0.1, 0.15) is 0 Å². The third-order valence-corrected chi connectivity index (χ3v) is 6.57. The molecule has 0 bridgehead atoms. The van der Waals surface area contributed by atoms with Gasteiger partial charge in [-0.3, -0.25) is 14.5 Å². The normalized spacial score (nSPS) is 20.5. The first-order valence-electron chi connectivity index (χ1n) is 10.8. The van der Waals surface area contributed by atoms with Gasteiger partial charge in [-0.05, 0) is 40.8 Å². The molecule has 0 unspecified atom stereocenters. The summed E-state index contributed by atoms with van der Waals surface area (Å²) in [5, 5.41) is 7.90. The van der Waals surface area contributed by atoms with Gasteiger partial charge >= 0.3 is 0 Å². The van der Waals surface area contributed by atoms with Gasteiger partial charge < -0.3 is 10.6 Å². The molecule has 0 radical (unpaired) electrons. The number of piperidine rings is 1. The van der Waals surface area contributed by atoms with Crippen LogP contribution in [0.2, 0.25) is 0 Å². The van der Waals surface area contributed by atoms with Crippen LogP contribution in [0.15, 0.2) is 41.8 Å². The van der Waals surface area contributed by atoms with Crippen LogP contribution < -0.4 is 10.6 Å². The van der Waals surface area contributed by atoms with Crippen LogP contribution in [0, 0.1) is 11.8 Å². The van der Waals surface area contributed by atoms with Crippen LogP contribution in [-0.2, 0) is 22.7 Å². The first-order valence-corrected chi connectivity index (χ1v) is 11.6. The summed E-state index contributed by atoms with van der Waals surface area (Å²) in [6.45, 7) is 9.82. The van der Waals surface area contributed by atoms with Gasteiger partial charge in [0, 0.05) is 38.0 Å². The summed E-state index contributed by atoms with van der Waals surface area (Å²) in [7, 11) is 0. The monoisotopic (exact) mass is 427 g/mol. The number of nitrogens with zero attached hydrogens (tertiary/aromatic N) is 1. The molecule has 2 heterocycles. The van der Waals surface area contributed by atoms with Crippen LogP contribution in [-0.4, -0.2) is 29.8 Å². The second-order valence-corrected chi connectivity index (χ2v) is 9.64. The molecule has 2 amide bonds. The molecule has 6 heteroatoms. The number of likely N-dealkylation sites (tertiary alicyclic amines) is 1. The molecule has 1 aliphatic rings. The third kappa shape index (κ3) is 6.67. The van der Waals surface area contributed by atoms with Crippen LogP contribution in [0.4, 0.5) is 0 Å². The molecule has 162 valence electrons. The van der Waals surface area contributed by atoms with Crippen molar-refractivity contribution >= 4 is 23.2 Å². The van der Waals surface area contributed by atoms with Gasteiger partial charge in [-0.1, -0.05) is 44.2 Å². The van der Waals surface area contributed by atoms with Crippen molar-refractivity contribution in [3.8, 4) is 0 Å². The Kier molecular flexibility index (Phi) is 8.05. The third-order valence-electron chi connectivity index (χ3n) is 5.59. The van der Waals surface area contributed by atoms with Crippen LogP contribution in [0.5, 0.6) is 0 Å². The van der Waals surface area contributed by atoms with E-state index in [9.17, 15) is 9.59 Å². The quantitative estimate of drug-likeness (QED) is 0.666. The molecule has 2 aromatic rings. The molecule has 3 rings (SSSR count). The van der Waals surface area contributed by atoms with Crippen molar-refractivity contribution in [2.45, 2.75) is 52.7 Å². The topological polar surface area (TPSA) is 61.4 Å². The zero-order valence-electron chi connectivity index (χ0n) is 18.2. The highest BCUT2D eigenvalue weighted by atomic mass is 32.1. The maximum atomic E-state index is 12.6. The molecule has 3 atom stereocenters. The maximum absolute atomic E-state index is 12.6. The Labute approximate surface area is 183 Å². The van der Waals surface area contributed by atoms with E-state index in [4.69, 9.17) is 0 Å². The molecule has 0 aliphatic carbocycles. The number of nitrogens with one attached hydrogen (secondary N) is 2. The summed E-state index contributed by atoms with van der Waals surface area (Å²) in [5.74, 6) is 1.26. The van der Waals surface area contributed by atoms with Crippen molar-refractivity contribution in [1.82, 2.24) is 15.5 Å². The minimum atomic E-state index is -0.283. The summed E-state index contributed by atoms with van der Waals surface area (Å²) in [6.07, 6.45) is 1.54. The second kappa shape index (κ2) is 10.7. The van der Waals surface area contributed by atoms with E-state index in [1.165, 1.54) is 18.9 Å². The van der Waals surface area contributed by atoms with Crippen LogP contribution in [0.3, 0.4) is 0 Å². The molecule has 1 aliphatic heterocycles. The van der Waals surface area contributed by atoms with Gasteiger partial charge in [-0.15, -0.1) is 11.3 Å². The van der Waals surface area contributed by atoms with E-state index in [2.05, 4.69) is 47.6 Å². The smallest absolute Gasteiger partial charge is 0.222 e. The van der Waals surface area contributed by atoms with Gasteiger partial charge in [0.25, 0.3) is 0 Å². The average Bonchev–Trinajstić information content (AvgIpc) is 3.20. The molecule has 30 heavy (non-hydrogen) atoms. The molecule has 0 saturated carbocycles. The van der Waals surface area contributed by atoms with E-state index >= 15 is 0 Å². The number of hydrogen-bond donors (Lipinski definition) is 2. The van der Waals surface area contributed by atoms with Crippen molar-refractivity contribution in [1.29, 1.82) is 0 Å². The number of hydrogen-bond acceptors (Lipinski definition) is 4. The maximum Gasteiger partial charge on any atom is 0.222 e. The summed E-state index contributed by atoms with van der Waals surface area (Å²) >= 11 is 1.55. The van der Waals surface area contributed by atoms with E-state index < -0.39 is 0 Å². The fraction of sp³-hybridized carbons (Fsp3) is 0.500. The molecule has 1 aromatic heterocycles. The number of carbonyl (C=O) groups excluding carboxylic acids is 2. The van der Waals surface area contributed by atoms with E-state index in [-0.39, 0.29) is 24.3 Å².